The summed E-state index contributed by atoms with van der Waals surface area (Å²) >= 11 is 0. The molecule has 0 unspecified atom stereocenters. The second-order valence-corrected chi connectivity index (χ2v) is 7.69. The first-order chi connectivity index (χ1) is 13.7. The fraction of sp³-hybridized carbons (Fsp3) is 0.238. The Hall–Kier alpha value is -3.55. The van der Waals surface area contributed by atoms with Crippen molar-refractivity contribution in [3.63, 3.8) is 0 Å². The van der Waals surface area contributed by atoms with Crippen molar-refractivity contribution >= 4 is 34.6 Å². The average molecular weight is 394 g/mol. The average Bonchev–Trinajstić information content (AvgIpc) is 3.02. The lowest BCUT2D eigenvalue weighted by atomic mass is 9.92. The Labute approximate surface area is 166 Å². The van der Waals surface area contributed by atoms with Crippen LogP contribution in [0.25, 0.3) is 11.0 Å². The number of fused-ring (bicyclic) bond motifs is 2. The van der Waals surface area contributed by atoms with Crippen LogP contribution in [-0.2, 0) is 4.74 Å². The van der Waals surface area contributed by atoms with Crippen molar-refractivity contribution < 1.29 is 18.7 Å². The van der Waals surface area contributed by atoms with Crippen molar-refractivity contribution in [3.05, 3.63) is 58.9 Å². The van der Waals surface area contributed by atoms with Crippen LogP contribution in [0, 0.1) is 5.82 Å². The van der Waals surface area contributed by atoms with Crippen molar-refractivity contribution in [2.24, 2.45) is 4.99 Å². The summed E-state index contributed by atoms with van der Waals surface area (Å²) < 4.78 is 19.7. The van der Waals surface area contributed by atoms with Crippen LogP contribution in [0.2, 0.25) is 0 Å². The van der Waals surface area contributed by atoms with Gasteiger partial charge in [0.1, 0.15) is 18.0 Å². The minimum atomic E-state index is -0.628. The van der Waals surface area contributed by atoms with Crippen LogP contribution in [0.5, 0.6) is 0 Å². The number of benzene rings is 2. The Balaban J connectivity index is 1.67. The van der Waals surface area contributed by atoms with E-state index in [1.54, 1.807) is 45.0 Å². The first-order valence-corrected chi connectivity index (χ1v) is 9.08. The summed E-state index contributed by atoms with van der Waals surface area (Å²) in [6.45, 7) is 5.27. The van der Waals surface area contributed by atoms with Gasteiger partial charge in [-0.1, -0.05) is 18.2 Å². The molecule has 2 heterocycles. The minimum absolute atomic E-state index is 0.0295. The van der Waals surface area contributed by atoms with Crippen molar-refractivity contribution in [1.82, 2.24) is 9.97 Å². The number of amides is 1. The Bertz CT molecular complexity index is 1170. The summed E-state index contributed by atoms with van der Waals surface area (Å²) in [6, 6.07) is 9.68. The third-order valence-corrected chi connectivity index (χ3v) is 4.31. The van der Waals surface area contributed by atoms with Gasteiger partial charge in [-0.3, -0.25) is 15.1 Å². The van der Waals surface area contributed by atoms with Gasteiger partial charge >= 0.3 is 6.09 Å². The molecule has 1 amide bonds. The molecule has 0 saturated heterocycles. The number of nitrogens with zero attached hydrogens (tertiary/aromatic N) is 2. The topological polar surface area (TPSA) is 96.4 Å². The number of ether oxygens (including phenoxy) is 1. The zero-order valence-electron chi connectivity index (χ0n) is 16.2. The molecule has 0 bridgehead atoms. The lowest BCUT2D eigenvalue weighted by Gasteiger charge is -2.18. The number of rotatable bonds is 2. The molecule has 1 aliphatic heterocycles. The number of carbonyl (C=O) groups is 2. The Morgan fingerprint density at radius 3 is 2.79 bits per heavy atom. The van der Waals surface area contributed by atoms with Crippen molar-refractivity contribution in [2.45, 2.75) is 26.4 Å². The van der Waals surface area contributed by atoms with Gasteiger partial charge in [-0.15, -0.1) is 0 Å². The summed E-state index contributed by atoms with van der Waals surface area (Å²) in [5, 5.41) is 2.55. The van der Waals surface area contributed by atoms with Crippen LogP contribution >= 0.6 is 0 Å². The van der Waals surface area contributed by atoms with Gasteiger partial charge < -0.3 is 9.72 Å². The van der Waals surface area contributed by atoms with E-state index in [9.17, 15) is 14.0 Å². The zero-order chi connectivity index (χ0) is 20.8. The number of hydrogen-bond acceptors (Lipinski definition) is 5. The number of halogens is 1. The Kier molecular flexibility index (Phi) is 4.41. The Morgan fingerprint density at radius 1 is 1.24 bits per heavy atom. The minimum Gasteiger partial charge on any atom is -0.444 e. The van der Waals surface area contributed by atoms with Gasteiger partial charge in [0.15, 0.2) is 5.78 Å². The van der Waals surface area contributed by atoms with E-state index in [0.717, 1.165) is 0 Å². The first-order valence-electron chi connectivity index (χ1n) is 9.08. The molecule has 8 heteroatoms. The zero-order valence-corrected chi connectivity index (χ0v) is 16.2. The standard InChI is InChI=1S/C21H19FN4O3/c1-21(2,3)29-20(28)26-19-24-14-8-7-11(9-15(14)25-19)18-17-12(16(27)10-23-18)5-4-6-13(17)22/h4-9H,10H2,1-3H3,(H2,24,25,26,28). The monoisotopic (exact) mass is 394 g/mol. The molecule has 1 aliphatic rings. The number of H-pyrrole nitrogens is 1. The molecule has 2 aromatic carbocycles. The van der Waals surface area contributed by atoms with Crippen LogP contribution in [0.1, 0.15) is 42.3 Å². The largest absolute Gasteiger partial charge is 0.444 e. The lowest BCUT2D eigenvalue weighted by Crippen LogP contribution is -2.27. The van der Waals surface area contributed by atoms with Crippen LogP contribution < -0.4 is 5.32 Å². The molecule has 0 radical (unpaired) electrons. The summed E-state index contributed by atoms with van der Waals surface area (Å²) in [5.74, 6) is -0.472. The van der Waals surface area contributed by atoms with Gasteiger partial charge in [-0.05, 0) is 39.0 Å². The number of carbonyl (C=O) groups excluding carboxylic acids is 2. The molecule has 4 rings (SSSR count). The molecule has 1 aromatic heterocycles. The molecule has 3 aromatic rings. The first kappa shape index (κ1) is 18.8. The summed E-state index contributed by atoms with van der Waals surface area (Å²) in [4.78, 5) is 35.6. The second kappa shape index (κ2) is 6.80. The number of nitrogens with one attached hydrogen (secondary N) is 2. The molecule has 29 heavy (non-hydrogen) atoms. The summed E-state index contributed by atoms with van der Waals surface area (Å²) in [5.41, 5.74) is 2.20. The number of ketones is 1. The molecule has 7 nitrogen and oxygen atoms in total. The van der Waals surface area contributed by atoms with E-state index in [0.29, 0.717) is 27.9 Å². The van der Waals surface area contributed by atoms with Gasteiger partial charge in [0.25, 0.3) is 0 Å². The van der Waals surface area contributed by atoms with E-state index in [2.05, 4.69) is 20.3 Å². The highest BCUT2D eigenvalue weighted by molar-refractivity contribution is 6.22. The van der Waals surface area contributed by atoms with Gasteiger partial charge in [-0.25, -0.2) is 14.2 Å². The van der Waals surface area contributed by atoms with Crippen LogP contribution in [0.3, 0.4) is 0 Å². The van der Waals surface area contributed by atoms with E-state index < -0.39 is 17.5 Å². The van der Waals surface area contributed by atoms with E-state index in [1.807, 2.05) is 0 Å². The number of aromatic nitrogens is 2. The number of aliphatic imine (C=N–C) groups is 1. The molecule has 0 saturated carbocycles. The fourth-order valence-electron chi connectivity index (χ4n) is 3.16. The highest BCUT2D eigenvalue weighted by Crippen LogP contribution is 2.25. The molecule has 0 spiro atoms. The van der Waals surface area contributed by atoms with Crippen LogP contribution in [0.4, 0.5) is 15.1 Å². The SMILES string of the molecule is CC(C)(C)OC(=O)Nc1nc2ccc(C3=NCC(=O)c4cccc(F)c43)cc2[nH]1. The van der Waals surface area contributed by atoms with Crippen LogP contribution in [-0.4, -0.2) is 39.7 Å². The van der Waals surface area contributed by atoms with E-state index in [4.69, 9.17) is 4.74 Å². The molecule has 2 N–H and O–H groups in total. The lowest BCUT2D eigenvalue weighted by molar-refractivity contribution is 0.0634. The number of imidazole rings is 1. The molecule has 148 valence electrons. The molecule has 0 atom stereocenters. The van der Waals surface area contributed by atoms with E-state index in [-0.39, 0.29) is 23.8 Å². The summed E-state index contributed by atoms with van der Waals surface area (Å²) in [6.07, 6.45) is -0.622. The normalized spacial score (nSPS) is 13.8. The quantitative estimate of drug-likeness (QED) is 0.684. The van der Waals surface area contributed by atoms with Gasteiger partial charge in [-0.2, -0.15) is 0 Å². The highest BCUT2D eigenvalue weighted by Gasteiger charge is 2.25. The number of aromatic amines is 1. The van der Waals surface area contributed by atoms with E-state index in [1.165, 1.54) is 12.1 Å². The predicted octanol–water partition coefficient (Wildman–Crippen LogP) is 4.08. The van der Waals surface area contributed by atoms with Crippen molar-refractivity contribution in [1.29, 1.82) is 0 Å². The van der Waals surface area contributed by atoms with E-state index >= 15 is 0 Å². The number of hydrogen-bond donors (Lipinski definition) is 2. The maximum Gasteiger partial charge on any atom is 0.414 e. The molecular formula is C21H19FN4O3. The highest BCUT2D eigenvalue weighted by atomic mass is 19.1. The summed E-state index contributed by atoms with van der Waals surface area (Å²) in [7, 11) is 0. The third kappa shape index (κ3) is 3.73. The fourth-order valence-corrected chi connectivity index (χ4v) is 3.16. The van der Waals surface area contributed by atoms with Crippen molar-refractivity contribution in [3.8, 4) is 0 Å². The number of anilines is 1. The maximum atomic E-state index is 14.5. The molecule has 0 aliphatic carbocycles. The van der Waals surface area contributed by atoms with Crippen molar-refractivity contribution in [2.75, 3.05) is 11.9 Å². The molecule has 0 fully saturated rings. The third-order valence-electron chi connectivity index (χ3n) is 4.31. The van der Waals surface area contributed by atoms with Gasteiger partial charge in [0.2, 0.25) is 5.95 Å². The second-order valence-electron chi connectivity index (χ2n) is 7.69. The maximum absolute atomic E-state index is 14.5. The van der Waals surface area contributed by atoms with Gasteiger partial charge in [0, 0.05) is 16.7 Å². The van der Waals surface area contributed by atoms with Gasteiger partial charge in [0.05, 0.1) is 16.7 Å². The Morgan fingerprint density at radius 2 is 2.03 bits per heavy atom. The predicted molar refractivity (Wildman–Crippen MR) is 107 cm³/mol. The van der Waals surface area contributed by atoms with Crippen LogP contribution in [0.15, 0.2) is 41.4 Å². The molecular weight excluding hydrogens is 375 g/mol. The number of Topliss-reactive ketones (excluding diaryl/α,β-unsaturated/α-hetero) is 1. The smallest absolute Gasteiger partial charge is 0.414 e.